The van der Waals surface area contributed by atoms with Crippen LogP contribution in [0.25, 0.3) is 0 Å². The Morgan fingerprint density at radius 3 is 2.76 bits per heavy atom. The third-order valence-corrected chi connectivity index (χ3v) is 4.01. The standard InChI is InChI=1S/C17H17F2NO/c18-13-5-6-15(16(19)8-13)17(21)10-20-9-12-7-11-3-1-2-4-14(11)12/h1-6,8,12,17,20-21H,7,9-10H2. The van der Waals surface area contributed by atoms with Crippen LogP contribution in [0.4, 0.5) is 8.78 Å². The van der Waals surface area contributed by atoms with E-state index in [0.29, 0.717) is 5.92 Å². The van der Waals surface area contributed by atoms with E-state index in [-0.39, 0.29) is 12.1 Å². The van der Waals surface area contributed by atoms with Crippen molar-refractivity contribution in [2.75, 3.05) is 13.1 Å². The van der Waals surface area contributed by atoms with Gasteiger partial charge in [-0.25, -0.2) is 8.78 Å². The Balaban J connectivity index is 1.52. The monoisotopic (exact) mass is 289 g/mol. The molecule has 4 heteroatoms. The van der Waals surface area contributed by atoms with E-state index in [9.17, 15) is 13.9 Å². The van der Waals surface area contributed by atoms with Crippen LogP contribution in [0, 0.1) is 11.6 Å². The molecule has 21 heavy (non-hydrogen) atoms. The Bertz CT molecular complexity index is 644. The molecule has 0 saturated heterocycles. The lowest BCUT2D eigenvalue weighted by atomic mass is 9.77. The third kappa shape index (κ3) is 2.96. The molecule has 0 fully saturated rings. The van der Waals surface area contributed by atoms with E-state index in [1.165, 1.54) is 17.2 Å². The normalized spacial score (nSPS) is 18.0. The first-order valence-electron chi connectivity index (χ1n) is 7.06. The van der Waals surface area contributed by atoms with Gasteiger partial charge in [-0.1, -0.05) is 30.3 Å². The Morgan fingerprint density at radius 1 is 1.19 bits per heavy atom. The molecular weight excluding hydrogens is 272 g/mol. The smallest absolute Gasteiger partial charge is 0.131 e. The fourth-order valence-corrected chi connectivity index (χ4v) is 2.82. The highest BCUT2D eigenvalue weighted by molar-refractivity contribution is 5.40. The lowest BCUT2D eigenvalue weighted by Crippen LogP contribution is -2.31. The summed E-state index contributed by atoms with van der Waals surface area (Å²) >= 11 is 0. The van der Waals surface area contributed by atoms with Gasteiger partial charge in [-0.3, -0.25) is 0 Å². The summed E-state index contributed by atoms with van der Waals surface area (Å²) in [5.74, 6) is -0.896. The van der Waals surface area contributed by atoms with Gasteiger partial charge >= 0.3 is 0 Å². The molecule has 2 aromatic rings. The molecule has 3 rings (SSSR count). The minimum atomic E-state index is -0.971. The number of aliphatic hydroxyl groups excluding tert-OH is 1. The maximum Gasteiger partial charge on any atom is 0.131 e. The van der Waals surface area contributed by atoms with Crippen LogP contribution < -0.4 is 5.32 Å². The zero-order valence-corrected chi connectivity index (χ0v) is 11.5. The van der Waals surface area contributed by atoms with E-state index in [4.69, 9.17) is 0 Å². The Hall–Kier alpha value is -1.78. The van der Waals surface area contributed by atoms with E-state index in [2.05, 4.69) is 17.4 Å². The quantitative estimate of drug-likeness (QED) is 0.887. The number of hydrogen-bond acceptors (Lipinski definition) is 2. The number of nitrogens with one attached hydrogen (secondary N) is 1. The topological polar surface area (TPSA) is 32.3 Å². The minimum absolute atomic E-state index is 0.123. The highest BCUT2D eigenvalue weighted by atomic mass is 19.1. The van der Waals surface area contributed by atoms with Crippen LogP contribution in [-0.4, -0.2) is 18.2 Å². The van der Waals surface area contributed by atoms with E-state index in [1.54, 1.807) is 0 Å². The predicted molar refractivity (Wildman–Crippen MR) is 77.1 cm³/mol. The summed E-state index contributed by atoms with van der Waals surface area (Å²) in [6, 6.07) is 11.5. The molecule has 1 aliphatic rings. The van der Waals surface area contributed by atoms with Gasteiger partial charge in [-0.15, -0.1) is 0 Å². The molecule has 0 heterocycles. The van der Waals surface area contributed by atoms with Crippen molar-refractivity contribution < 1.29 is 13.9 Å². The Labute approximate surface area is 122 Å². The number of hydrogen-bond donors (Lipinski definition) is 2. The van der Waals surface area contributed by atoms with Crippen molar-refractivity contribution >= 4 is 0 Å². The molecule has 0 spiro atoms. The fraction of sp³-hybridized carbons (Fsp3) is 0.294. The molecule has 0 bridgehead atoms. The first-order valence-corrected chi connectivity index (χ1v) is 7.06. The average molecular weight is 289 g/mol. The number of fused-ring (bicyclic) bond motifs is 1. The molecule has 2 N–H and O–H groups in total. The first kappa shape index (κ1) is 14.2. The lowest BCUT2D eigenvalue weighted by Gasteiger charge is -2.30. The molecule has 2 aromatic carbocycles. The highest BCUT2D eigenvalue weighted by Crippen LogP contribution is 2.34. The zero-order chi connectivity index (χ0) is 14.8. The third-order valence-electron chi connectivity index (χ3n) is 4.01. The molecule has 0 aliphatic heterocycles. The van der Waals surface area contributed by atoms with Crippen molar-refractivity contribution in [1.29, 1.82) is 0 Å². The molecule has 0 radical (unpaired) electrons. The average Bonchev–Trinajstić information content (AvgIpc) is 2.43. The van der Waals surface area contributed by atoms with Gasteiger partial charge in [0.25, 0.3) is 0 Å². The van der Waals surface area contributed by atoms with E-state index >= 15 is 0 Å². The van der Waals surface area contributed by atoms with Crippen LogP contribution in [-0.2, 0) is 6.42 Å². The maximum atomic E-state index is 13.5. The Morgan fingerprint density at radius 2 is 2.00 bits per heavy atom. The van der Waals surface area contributed by atoms with Crippen LogP contribution in [0.1, 0.15) is 28.7 Å². The molecule has 0 amide bonds. The van der Waals surface area contributed by atoms with Crippen LogP contribution in [0.5, 0.6) is 0 Å². The Kier molecular flexibility index (Phi) is 3.99. The summed E-state index contributed by atoms with van der Waals surface area (Å²) in [6.07, 6.45) is 0.0606. The SMILES string of the molecule is OC(CNCC1Cc2ccccc21)c1ccc(F)cc1F. The fourth-order valence-electron chi connectivity index (χ4n) is 2.82. The van der Waals surface area contributed by atoms with Crippen molar-refractivity contribution in [2.24, 2.45) is 0 Å². The van der Waals surface area contributed by atoms with Crippen molar-refractivity contribution in [1.82, 2.24) is 5.32 Å². The summed E-state index contributed by atoms with van der Waals surface area (Å²) in [7, 11) is 0. The lowest BCUT2D eigenvalue weighted by molar-refractivity contribution is 0.169. The van der Waals surface area contributed by atoms with Gasteiger partial charge in [0.05, 0.1) is 6.10 Å². The van der Waals surface area contributed by atoms with Crippen molar-refractivity contribution in [2.45, 2.75) is 18.4 Å². The van der Waals surface area contributed by atoms with E-state index in [1.807, 2.05) is 12.1 Å². The van der Waals surface area contributed by atoms with Crippen LogP contribution in [0.3, 0.4) is 0 Å². The largest absolute Gasteiger partial charge is 0.387 e. The van der Waals surface area contributed by atoms with Gasteiger partial charge in [0.2, 0.25) is 0 Å². The van der Waals surface area contributed by atoms with Gasteiger partial charge < -0.3 is 10.4 Å². The van der Waals surface area contributed by atoms with Gasteiger partial charge in [0, 0.05) is 30.6 Å². The second-order valence-electron chi connectivity index (χ2n) is 5.44. The highest BCUT2D eigenvalue weighted by Gasteiger charge is 2.25. The summed E-state index contributed by atoms with van der Waals surface area (Å²) in [6.45, 7) is 0.998. The maximum absolute atomic E-state index is 13.5. The number of halogens is 2. The molecule has 0 saturated carbocycles. The number of rotatable bonds is 5. The minimum Gasteiger partial charge on any atom is -0.387 e. The van der Waals surface area contributed by atoms with E-state index < -0.39 is 17.7 Å². The van der Waals surface area contributed by atoms with Gasteiger partial charge in [-0.2, -0.15) is 0 Å². The summed E-state index contributed by atoms with van der Waals surface area (Å²) in [4.78, 5) is 0. The van der Waals surface area contributed by atoms with E-state index in [0.717, 1.165) is 25.1 Å². The van der Waals surface area contributed by atoms with Crippen LogP contribution in [0.15, 0.2) is 42.5 Å². The number of aliphatic hydroxyl groups is 1. The van der Waals surface area contributed by atoms with Crippen molar-refractivity contribution in [3.05, 3.63) is 70.8 Å². The zero-order valence-electron chi connectivity index (χ0n) is 11.5. The van der Waals surface area contributed by atoms with Gasteiger partial charge in [0.15, 0.2) is 0 Å². The summed E-state index contributed by atoms with van der Waals surface area (Å²) in [5.41, 5.74) is 2.83. The molecule has 2 atom stereocenters. The van der Waals surface area contributed by atoms with Crippen LogP contribution in [0.2, 0.25) is 0 Å². The summed E-state index contributed by atoms with van der Waals surface area (Å²) in [5, 5.41) is 13.1. The van der Waals surface area contributed by atoms with Crippen molar-refractivity contribution in [3.63, 3.8) is 0 Å². The molecule has 1 aliphatic carbocycles. The number of benzene rings is 2. The molecule has 2 unspecified atom stereocenters. The molecule has 0 aromatic heterocycles. The molecule has 110 valence electrons. The van der Waals surface area contributed by atoms with Crippen LogP contribution >= 0.6 is 0 Å². The first-order chi connectivity index (χ1) is 10.1. The van der Waals surface area contributed by atoms with Crippen molar-refractivity contribution in [3.8, 4) is 0 Å². The summed E-state index contributed by atoms with van der Waals surface area (Å²) < 4.78 is 26.4. The van der Waals surface area contributed by atoms with Gasteiger partial charge in [0.1, 0.15) is 11.6 Å². The molecular formula is C17H17F2NO. The second kappa shape index (κ2) is 5.92. The second-order valence-corrected chi connectivity index (χ2v) is 5.44. The predicted octanol–water partition coefficient (Wildman–Crippen LogP) is 2.93. The molecule has 2 nitrogen and oxygen atoms in total. The van der Waals surface area contributed by atoms with Gasteiger partial charge in [-0.05, 0) is 23.6 Å².